The van der Waals surface area contributed by atoms with Gasteiger partial charge in [-0.05, 0) is 36.5 Å². The first-order valence-electron chi connectivity index (χ1n) is 8.46. The molecule has 0 aromatic heterocycles. The predicted molar refractivity (Wildman–Crippen MR) is 91.9 cm³/mol. The highest BCUT2D eigenvalue weighted by Crippen LogP contribution is 2.38. The Morgan fingerprint density at radius 3 is 2.92 bits per heavy atom. The zero-order chi connectivity index (χ0) is 18.0. The summed E-state index contributed by atoms with van der Waals surface area (Å²) in [7, 11) is 0. The quantitative estimate of drug-likeness (QED) is 0.658. The van der Waals surface area contributed by atoms with Crippen LogP contribution in [0.1, 0.15) is 38.2 Å². The van der Waals surface area contributed by atoms with E-state index in [0.717, 1.165) is 29.7 Å². The molecular weight excluding hydrogens is 344 g/mol. The molecule has 1 saturated heterocycles. The number of carbonyl (C=O) groups is 3. The summed E-state index contributed by atoms with van der Waals surface area (Å²) < 4.78 is 5.17. The van der Waals surface area contributed by atoms with Crippen LogP contribution in [0.2, 0.25) is 5.02 Å². The lowest BCUT2D eigenvalue weighted by Gasteiger charge is -2.36. The van der Waals surface area contributed by atoms with Gasteiger partial charge in [-0.2, -0.15) is 0 Å². The minimum Gasteiger partial charge on any atom is -0.459 e. The van der Waals surface area contributed by atoms with E-state index in [0.29, 0.717) is 11.4 Å². The van der Waals surface area contributed by atoms with Crippen molar-refractivity contribution in [3.63, 3.8) is 0 Å². The van der Waals surface area contributed by atoms with Gasteiger partial charge in [-0.1, -0.05) is 43.5 Å². The summed E-state index contributed by atoms with van der Waals surface area (Å²) in [4.78, 5) is 38.0. The summed E-state index contributed by atoms with van der Waals surface area (Å²) in [6.45, 7) is 1.64. The lowest BCUT2D eigenvalue weighted by atomic mass is 9.73. The SMILES string of the molecule is C[C@@H]1CCCC[C@@]12NC(=O)N(CC(=O)OCc1cccc(Cl)c1)C2=O. The fourth-order valence-corrected chi connectivity index (χ4v) is 3.82. The Balaban J connectivity index is 1.61. The molecule has 2 atom stereocenters. The van der Waals surface area contributed by atoms with Crippen molar-refractivity contribution in [3.8, 4) is 0 Å². The Labute approximate surface area is 151 Å². The first kappa shape index (κ1) is 17.7. The number of ether oxygens (including phenoxy) is 1. The number of imide groups is 1. The van der Waals surface area contributed by atoms with Gasteiger partial charge < -0.3 is 10.1 Å². The molecule has 1 aromatic carbocycles. The minimum absolute atomic E-state index is 0.0462. The Morgan fingerprint density at radius 1 is 1.40 bits per heavy atom. The van der Waals surface area contributed by atoms with E-state index < -0.39 is 17.5 Å². The fraction of sp³-hybridized carbons (Fsp3) is 0.500. The number of benzene rings is 1. The topological polar surface area (TPSA) is 75.7 Å². The van der Waals surface area contributed by atoms with Gasteiger partial charge in [0.25, 0.3) is 5.91 Å². The molecule has 3 rings (SSSR count). The highest BCUT2D eigenvalue weighted by Gasteiger charge is 2.55. The van der Waals surface area contributed by atoms with Crippen LogP contribution in [0.15, 0.2) is 24.3 Å². The molecule has 1 heterocycles. The van der Waals surface area contributed by atoms with E-state index in [2.05, 4.69) is 5.32 Å². The van der Waals surface area contributed by atoms with Crippen molar-refractivity contribution < 1.29 is 19.1 Å². The molecule has 2 aliphatic rings. The van der Waals surface area contributed by atoms with Crippen molar-refractivity contribution in [2.24, 2.45) is 5.92 Å². The lowest BCUT2D eigenvalue weighted by Crippen LogP contribution is -2.54. The number of hydrogen-bond donors (Lipinski definition) is 1. The number of rotatable bonds is 4. The zero-order valence-corrected chi connectivity index (χ0v) is 14.8. The van der Waals surface area contributed by atoms with Crippen LogP contribution in [-0.2, 0) is 20.9 Å². The molecule has 25 heavy (non-hydrogen) atoms. The number of esters is 1. The smallest absolute Gasteiger partial charge is 0.326 e. The molecule has 0 radical (unpaired) electrons. The zero-order valence-electron chi connectivity index (χ0n) is 14.1. The van der Waals surface area contributed by atoms with Gasteiger partial charge in [-0.3, -0.25) is 14.5 Å². The van der Waals surface area contributed by atoms with Crippen molar-refractivity contribution in [2.75, 3.05) is 6.54 Å². The molecule has 2 fully saturated rings. The highest BCUT2D eigenvalue weighted by molar-refractivity contribution is 6.30. The van der Waals surface area contributed by atoms with E-state index in [1.807, 2.05) is 6.92 Å². The first-order chi connectivity index (χ1) is 11.9. The van der Waals surface area contributed by atoms with E-state index in [-0.39, 0.29) is 25.0 Å². The van der Waals surface area contributed by atoms with E-state index >= 15 is 0 Å². The molecule has 1 aliphatic carbocycles. The second-order valence-corrected chi connectivity index (χ2v) is 7.17. The molecule has 1 spiro atoms. The summed E-state index contributed by atoms with van der Waals surface area (Å²) in [5.74, 6) is -0.876. The van der Waals surface area contributed by atoms with Gasteiger partial charge in [0.15, 0.2) is 0 Å². The van der Waals surface area contributed by atoms with Crippen molar-refractivity contribution in [1.82, 2.24) is 10.2 Å². The third-order valence-electron chi connectivity index (χ3n) is 5.08. The summed E-state index contributed by atoms with van der Waals surface area (Å²) in [6, 6.07) is 6.45. The Morgan fingerprint density at radius 2 is 2.20 bits per heavy atom. The molecule has 1 N–H and O–H groups in total. The number of nitrogens with one attached hydrogen (secondary N) is 1. The maximum Gasteiger partial charge on any atom is 0.326 e. The molecule has 6 nitrogen and oxygen atoms in total. The third-order valence-corrected chi connectivity index (χ3v) is 5.31. The predicted octanol–water partition coefficient (Wildman–Crippen LogP) is 2.88. The van der Waals surface area contributed by atoms with Crippen LogP contribution in [0.4, 0.5) is 4.79 Å². The molecular formula is C18H21ClN2O4. The second kappa shape index (κ2) is 7.04. The standard InChI is InChI=1S/C18H21ClN2O4/c1-12-5-2-3-8-18(12)16(23)21(17(24)20-18)10-15(22)25-11-13-6-4-7-14(19)9-13/h4,6-7,9,12H,2-3,5,8,10-11H2,1H3,(H,20,24)/t12-,18-/m1/s1. The van der Waals surface area contributed by atoms with E-state index in [4.69, 9.17) is 16.3 Å². The summed E-state index contributed by atoms with van der Waals surface area (Å²) in [5.41, 5.74) is -0.113. The molecule has 1 aromatic rings. The van der Waals surface area contributed by atoms with Crippen molar-refractivity contribution >= 4 is 29.5 Å². The van der Waals surface area contributed by atoms with Crippen LogP contribution in [-0.4, -0.2) is 34.9 Å². The number of hydrogen-bond acceptors (Lipinski definition) is 4. The Bertz CT molecular complexity index is 708. The molecule has 0 unspecified atom stereocenters. The number of nitrogens with zero attached hydrogens (tertiary/aromatic N) is 1. The van der Waals surface area contributed by atoms with Crippen molar-refractivity contribution in [3.05, 3.63) is 34.9 Å². The first-order valence-corrected chi connectivity index (χ1v) is 8.84. The molecule has 134 valence electrons. The number of amides is 3. The average molecular weight is 365 g/mol. The number of halogens is 1. The molecule has 1 aliphatic heterocycles. The number of carbonyl (C=O) groups excluding carboxylic acids is 3. The summed E-state index contributed by atoms with van der Waals surface area (Å²) >= 11 is 5.89. The molecule has 0 bridgehead atoms. The normalized spacial score (nSPS) is 26.0. The second-order valence-electron chi connectivity index (χ2n) is 6.73. The lowest BCUT2D eigenvalue weighted by molar-refractivity contribution is -0.149. The third kappa shape index (κ3) is 3.49. The van der Waals surface area contributed by atoms with Gasteiger partial charge >= 0.3 is 12.0 Å². The van der Waals surface area contributed by atoms with Gasteiger partial charge in [0.05, 0.1) is 0 Å². The van der Waals surface area contributed by atoms with Crippen LogP contribution in [0.5, 0.6) is 0 Å². The van der Waals surface area contributed by atoms with Crippen LogP contribution in [0.3, 0.4) is 0 Å². The van der Waals surface area contributed by atoms with Crippen LogP contribution < -0.4 is 5.32 Å². The average Bonchev–Trinajstić information content (AvgIpc) is 2.81. The largest absolute Gasteiger partial charge is 0.459 e. The van der Waals surface area contributed by atoms with E-state index in [1.54, 1.807) is 24.3 Å². The molecule has 1 saturated carbocycles. The van der Waals surface area contributed by atoms with Crippen LogP contribution in [0.25, 0.3) is 0 Å². The minimum atomic E-state index is -0.859. The van der Waals surface area contributed by atoms with Crippen molar-refractivity contribution in [1.29, 1.82) is 0 Å². The Hall–Kier alpha value is -2.08. The van der Waals surface area contributed by atoms with Gasteiger partial charge in [0.1, 0.15) is 18.7 Å². The van der Waals surface area contributed by atoms with E-state index in [9.17, 15) is 14.4 Å². The highest BCUT2D eigenvalue weighted by atomic mass is 35.5. The maximum absolute atomic E-state index is 12.8. The summed E-state index contributed by atoms with van der Waals surface area (Å²) in [6.07, 6.45) is 3.45. The molecule has 7 heteroatoms. The number of urea groups is 1. The van der Waals surface area contributed by atoms with Gasteiger partial charge in [-0.25, -0.2) is 4.79 Å². The monoisotopic (exact) mass is 364 g/mol. The van der Waals surface area contributed by atoms with Crippen LogP contribution in [0, 0.1) is 5.92 Å². The van der Waals surface area contributed by atoms with Crippen molar-refractivity contribution in [2.45, 2.75) is 44.8 Å². The Kier molecular flexibility index (Phi) is 4.99. The van der Waals surface area contributed by atoms with E-state index in [1.165, 1.54) is 0 Å². The van der Waals surface area contributed by atoms with Gasteiger partial charge in [0, 0.05) is 5.02 Å². The fourth-order valence-electron chi connectivity index (χ4n) is 3.60. The van der Waals surface area contributed by atoms with Gasteiger partial charge in [0.2, 0.25) is 0 Å². The van der Waals surface area contributed by atoms with Crippen LogP contribution >= 0.6 is 11.6 Å². The molecule has 3 amide bonds. The maximum atomic E-state index is 12.8. The van der Waals surface area contributed by atoms with Gasteiger partial charge in [-0.15, -0.1) is 0 Å². The summed E-state index contributed by atoms with van der Waals surface area (Å²) in [5, 5.41) is 3.37.